The average Bonchev–Trinajstić information content (AvgIpc) is 2.65. The van der Waals surface area contributed by atoms with Crippen molar-refractivity contribution < 1.29 is 8.91 Å². The van der Waals surface area contributed by atoms with E-state index in [9.17, 15) is 4.39 Å². The lowest BCUT2D eigenvalue weighted by Gasteiger charge is -2.06. The first kappa shape index (κ1) is 10.7. The number of halogens is 1. The summed E-state index contributed by atoms with van der Waals surface area (Å²) in [5.41, 5.74) is 7.80. The Labute approximate surface area is 93.1 Å². The van der Waals surface area contributed by atoms with E-state index in [1.165, 1.54) is 6.07 Å². The van der Waals surface area contributed by atoms with Crippen LogP contribution in [0.4, 0.5) is 10.2 Å². The summed E-state index contributed by atoms with van der Waals surface area (Å²) in [5, 5.41) is 3.62. The number of rotatable bonds is 2. The fourth-order valence-electron chi connectivity index (χ4n) is 1.67. The van der Waals surface area contributed by atoms with Gasteiger partial charge in [0.25, 0.3) is 0 Å². The number of aryl methyl sites for hydroxylation is 2. The molecule has 4 heteroatoms. The van der Waals surface area contributed by atoms with Crippen LogP contribution in [-0.2, 0) is 6.42 Å². The highest BCUT2D eigenvalue weighted by molar-refractivity contribution is 5.65. The van der Waals surface area contributed by atoms with E-state index in [2.05, 4.69) is 5.16 Å². The molecule has 2 N–H and O–H groups in total. The van der Waals surface area contributed by atoms with E-state index in [0.29, 0.717) is 23.6 Å². The number of hydrogen-bond donors (Lipinski definition) is 1. The van der Waals surface area contributed by atoms with Crippen molar-refractivity contribution in [3.63, 3.8) is 0 Å². The Morgan fingerprint density at radius 1 is 1.38 bits per heavy atom. The van der Waals surface area contributed by atoms with Gasteiger partial charge in [0.1, 0.15) is 5.82 Å². The molecule has 0 fully saturated rings. The zero-order chi connectivity index (χ0) is 11.7. The van der Waals surface area contributed by atoms with E-state index in [1.54, 1.807) is 12.1 Å². The van der Waals surface area contributed by atoms with Crippen LogP contribution in [-0.4, -0.2) is 5.16 Å². The molecule has 1 aromatic carbocycles. The van der Waals surface area contributed by atoms with Crippen LogP contribution in [0.1, 0.15) is 18.1 Å². The number of nitrogen functional groups attached to an aromatic ring is 1. The second-order valence-corrected chi connectivity index (χ2v) is 3.73. The highest BCUT2D eigenvalue weighted by Crippen LogP contribution is 2.27. The molecule has 0 aliphatic heterocycles. The van der Waals surface area contributed by atoms with Crippen LogP contribution in [0.5, 0.6) is 0 Å². The monoisotopic (exact) mass is 220 g/mol. The summed E-state index contributed by atoms with van der Waals surface area (Å²) in [6.07, 6.45) is 0.642. The minimum absolute atomic E-state index is 0.184. The molecule has 0 spiro atoms. The molecule has 0 aliphatic rings. The lowest BCUT2D eigenvalue weighted by molar-refractivity contribution is 0.435. The number of nitrogens with zero attached hydrogens (tertiary/aromatic N) is 1. The van der Waals surface area contributed by atoms with Crippen LogP contribution in [0, 0.1) is 12.7 Å². The lowest BCUT2D eigenvalue weighted by atomic mass is 10.0. The summed E-state index contributed by atoms with van der Waals surface area (Å²) in [6.45, 7) is 3.74. The van der Waals surface area contributed by atoms with Crippen molar-refractivity contribution in [2.24, 2.45) is 0 Å². The van der Waals surface area contributed by atoms with Crippen LogP contribution in [0.3, 0.4) is 0 Å². The van der Waals surface area contributed by atoms with Crippen molar-refractivity contribution in [2.45, 2.75) is 20.3 Å². The zero-order valence-electron chi connectivity index (χ0n) is 9.25. The SMILES string of the molecule is CCc1cc(-c2cc(N)no2)c(C)cc1F. The third kappa shape index (κ3) is 1.78. The van der Waals surface area contributed by atoms with Gasteiger partial charge in [-0.3, -0.25) is 0 Å². The summed E-state index contributed by atoms with van der Waals surface area (Å²) in [6, 6.07) is 4.93. The average molecular weight is 220 g/mol. The summed E-state index contributed by atoms with van der Waals surface area (Å²) < 4.78 is 18.6. The highest BCUT2D eigenvalue weighted by Gasteiger charge is 2.11. The smallest absolute Gasteiger partial charge is 0.169 e. The molecule has 2 aromatic rings. The Morgan fingerprint density at radius 2 is 2.12 bits per heavy atom. The van der Waals surface area contributed by atoms with Crippen LogP contribution >= 0.6 is 0 Å². The fraction of sp³-hybridized carbons (Fsp3) is 0.250. The van der Waals surface area contributed by atoms with Crippen molar-refractivity contribution in [2.75, 3.05) is 5.73 Å². The van der Waals surface area contributed by atoms with E-state index in [-0.39, 0.29) is 5.82 Å². The van der Waals surface area contributed by atoms with E-state index < -0.39 is 0 Å². The first-order valence-corrected chi connectivity index (χ1v) is 5.13. The zero-order valence-corrected chi connectivity index (χ0v) is 9.25. The summed E-state index contributed by atoms with van der Waals surface area (Å²) in [5.74, 6) is 0.720. The molecular weight excluding hydrogens is 207 g/mol. The van der Waals surface area contributed by atoms with E-state index in [1.807, 2.05) is 13.8 Å². The Hall–Kier alpha value is -1.84. The van der Waals surface area contributed by atoms with Gasteiger partial charge in [0, 0.05) is 11.6 Å². The second-order valence-electron chi connectivity index (χ2n) is 3.73. The number of hydrogen-bond acceptors (Lipinski definition) is 3. The van der Waals surface area contributed by atoms with Gasteiger partial charge in [-0.15, -0.1) is 0 Å². The predicted molar refractivity (Wildman–Crippen MR) is 60.4 cm³/mol. The maximum Gasteiger partial charge on any atom is 0.169 e. The highest BCUT2D eigenvalue weighted by atomic mass is 19.1. The van der Waals surface area contributed by atoms with Gasteiger partial charge >= 0.3 is 0 Å². The predicted octanol–water partition coefficient (Wildman–Crippen LogP) is 2.93. The number of aromatic nitrogens is 1. The van der Waals surface area contributed by atoms with Gasteiger partial charge in [-0.1, -0.05) is 12.1 Å². The summed E-state index contributed by atoms with van der Waals surface area (Å²) >= 11 is 0. The molecule has 0 amide bonds. The van der Waals surface area contributed by atoms with Crippen molar-refractivity contribution in [3.05, 3.63) is 35.1 Å². The van der Waals surface area contributed by atoms with Crippen LogP contribution in [0.2, 0.25) is 0 Å². The van der Waals surface area contributed by atoms with Gasteiger partial charge in [-0.25, -0.2) is 4.39 Å². The molecule has 16 heavy (non-hydrogen) atoms. The molecule has 3 nitrogen and oxygen atoms in total. The largest absolute Gasteiger partial charge is 0.381 e. The topological polar surface area (TPSA) is 52.0 Å². The molecule has 0 aliphatic carbocycles. The molecule has 0 radical (unpaired) electrons. The second kappa shape index (κ2) is 3.96. The molecule has 1 aromatic heterocycles. The van der Waals surface area contributed by atoms with E-state index >= 15 is 0 Å². The first-order valence-electron chi connectivity index (χ1n) is 5.13. The van der Waals surface area contributed by atoms with Crippen molar-refractivity contribution in [1.29, 1.82) is 0 Å². The molecule has 2 rings (SSSR count). The van der Waals surface area contributed by atoms with Gasteiger partial charge in [0.15, 0.2) is 11.6 Å². The quantitative estimate of drug-likeness (QED) is 0.846. The van der Waals surface area contributed by atoms with Crippen LogP contribution in [0.25, 0.3) is 11.3 Å². The minimum atomic E-state index is -0.184. The minimum Gasteiger partial charge on any atom is -0.381 e. The first-order chi connectivity index (χ1) is 7.61. The maximum absolute atomic E-state index is 13.5. The Bertz CT molecular complexity index is 520. The van der Waals surface area contributed by atoms with Gasteiger partial charge in [0.2, 0.25) is 0 Å². The van der Waals surface area contributed by atoms with E-state index in [0.717, 1.165) is 11.1 Å². The molecule has 0 bridgehead atoms. The Kier molecular flexibility index (Phi) is 2.64. The Morgan fingerprint density at radius 3 is 2.69 bits per heavy atom. The van der Waals surface area contributed by atoms with Gasteiger partial charge in [0.05, 0.1) is 0 Å². The standard InChI is InChI=1S/C12H13FN2O/c1-3-8-5-9(7(2)4-10(8)13)11-6-12(14)15-16-11/h4-6H,3H2,1-2H3,(H2,14,15). The van der Waals surface area contributed by atoms with Crippen LogP contribution < -0.4 is 5.73 Å². The molecule has 0 unspecified atom stereocenters. The molecule has 84 valence electrons. The van der Waals surface area contributed by atoms with Gasteiger partial charge < -0.3 is 10.3 Å². The lowest BCUT2D eigenvalue weighted by Crippen LogP contribution is -1.92. The van der Waals surface area contributed by atoms with Gasteiger partial charge in [-0.2, -0.15) is 0 Å². The summed E-state index contributed by atoms with van der Waals surface area (Å²) in [4.78, 5) is 0. The molecule has 1 heterocycles. The van der Waals surface area contributed by atoms with Gasteiger partial charge in [-0.05, 0) is 36.6 Å². The molecule has 0 atom stereocenters. The molecular formula is C12H13FN2O. The third-order valence-corrected chi connectivity index (χ3v) is 2.57. The summed E-state index contributed by atoms with van der Waals surface area (Å²) in [7, 11) is 0. The van der Waals surface area contributed by atoms with Crippen molar-refractivity contribution in [3.8, 4) is 11.3 Å². The normalized spacial score (nSPS) is 10.7. The molecule has 0 saturated heterocycles. The van der Waals surface area contributed by atoms with Crippen molar-refractivity contribution >= 4 is 5.82 Å². The third-order valence-electron chi connectivity index (χ3n) is 2.57. The number of nitrogens with two attached hydrogens (primary N) is 1. The maximum atomic E-state index is 13.5. The van der Waals surface area contributed by atoms with E-state index in [4.69, 9.17) is 10.3 Å². The number of benzene rings is 1. The molecule has 0 saturated carbocycles. The number of anilines is 1. The fourth-order valence-corrected chi connectivity index (χ4v) is 1.67. The Balaban J connectivity index is 2.56. The van der Waals surface area contributed by atoms with Crippen molar-refractivity contribution in [1.82, 2.24) is 5.16 Å². The van der Waals surface area contributed by atoms with Crippen LogP contribution in [0.15, 0.2) is 22.7 Å².